The molecule has 5 rings (SSSR count). The Morgan fingerprint density at radius 1 is 0.944 bits per heavy atom. The fourth-order valence-corrected chi connectivity index (χ4v) is 4.03. The molecule has 1 aromatic heterocycles. The van der Waals surface area contributed by atoms with Gasteiger partial charge in [-0.3, -0.25) is 9.59 Å². The number of hydrogen-bond donors (Lipinski definition) is 3. The molecule has 1 aliphatic heterocycles. The fraction of sp³-hybridized carbons (Fsp3) is 0.400. The van der Waals surface area contributed by atoms with Crippen LogP contribution in [0.3, 0.4) is 0 Å². The summed E-state index contributed by atoms with van der Waals surface area (Å²) in [5.74, 6) is 0.403. The zero-order valence-electron chi connectivity index (χ0n) is 21.8. The topological polar surface area (TPSA) is 84.2 Å². The number of nitrogens with one attached hydrogen (secondary N) is 2. The van der Waals surface area contributed by atoms with Crippen LogP contribution in [0.4, 0.5) is 5.69 Å². The smallest absolute Gasteiger partial charge is 0.248 e. The number of amides is 2. The van der Waals surface area contributed by atoms with Gasteiger partial charge < -0.3 is 16.4 Å². The Kier molecular flexibility index (Phi) is 18.2. The number of carbonyl (C=O) groups excluding carboxylic acids is 2. The average molecular weight is 510 g/mol. The van der Waals surface area contributed by atoms with Crippen molar-refractivity contribution in [2.45, 2.75) is 58.8 Å². The monoisotopic (exact) mass is 509 g/mol. The Morgan fingerprint density at radius 2 is 1.50 bits per heavy atom. The van der Waals surface area contributed by atoms with E-state index in [0.717, 1.165) is 19.0 Å². The minimum Gasteiger partial charge on any atom is -0.385 e. The van der Waals surface area contributed by atoms with E-state index in [-0.39, 0.29) is 5.91 Å². The van der Waals surface area contributed by atoms with Crippen LogP contribution in [0.5, 0.6) is 0 Å². The van der Waals surface area contributed by atoms with Gasteiger partial charge in [0.1, 0.15) is 0 Å². The van der Waals surface area contributed by atoms with E-state index < -0.39 is 0 Å². The van der Waals surface area contributed by atoms with E-state index in [9.17, 15) is 9.59 Å². The first-order valence-electron chi connectivity index (χ1n) is 12.9. The highest BCUT2D eigenvalue weighted by atomic mass is 32.1. The fourth-order valence-electron chi connectivity index (χ4n) is 3.58. The van der Waals surface area contributed by atoms with E-state index in [1.807, 2.05) is 35.9 Å². The highest BCUT2D eigenvalue weighted by Gasteiger charge is 2.12. The van der Waals surface area contributed by atoms with Crippen molar-refractivity contribution in [2.24, 2.45) is 11.7 Å². The molecule has 2 heterocycles. The van der Waals surface area contributed by atoms with Gasteiger partial charge in [0.2, 0.25) is 12.3 Å². The number of hydrogen-bond acceptors (Lipinski definition) is 4. The van der Waals surface area contributed by atoms with Gasteiger partial charge in [-0.2, -0.15) is 11.3 Å². The number of benzene rings is 2. The minimum atomic E-state index is -0.379. The molecule has 1 saturated carbocycles. The molecule has 36 heavy (non-hydrogen) atoms. The summed E-state index contributed by atoms with van der Waals surface area (Å²) < 4.78 is 0. The lowest BCUT2D eigenvalue weighted by Gasteiger charge is -2.22. The quantitative estimate of drug-likeness (QED) is 0.335. The molecule has 0 saturated heterocycles. The predicted molar refractivity (Wildman–Crippen MR) is 155 cm³/mol. The lowest BCUT2D eigenvalue weighted by atomic mass is 9.96. The molecule has 6 heteroatoms. The molecule has 1 unspecified atom stereocenters. The first-order valence-corrected chi connectivity index (χ1v) is 13.8. The van der Waals surface area contributed by atoms with Crippen molar-refractivity contribution in [1.82, 2.24) is 5.32 Å². The Hall–Kier alpha value is -3.12. The van der Waals surface area contributed by atoms with Crippen LogP contribution in [0.1, 0.15) is 68.3 Å². The van der Waals surface area contributed by atoms with Crippen molar-refractivity contribution in [3.63, 3.8) is 0 Å². The lowest BCUT2D eigenvalue weighted by molar-refractivity contribution is -0.109. The zero-order chi connectivity index (χ0) is 26.3. The molecule has 196 valence electrons. The van der Waals surface area contributed by atoms with E-state index in [1.54, 1.807) is 35.6 Å². The normalized spacial score (nSPS) is 15.0. The van der Waals surface area contributed by atoms with Crippen LogP contribution in [0, 0.1) is 5.92 Å². The lowest BCUT2D eigenvalue weighted by Crippen LogP contribution is -2.20. The van der Waals surface area contributed by atoms with E-state index in [1.165, 1.54) is 56.2 Å². The largest absolute Gasteiger partial charge is 0.385 e. The van der Waals surface area contributed by atoms with Crippen molar-refractivity contribution < 1.29 is 9.59 Å². The second kappa shape index (κ2) is 21.2. The van der Waals surface area contributed by atoms with Crippen molar-refractivity contribution in [3.05, 3.63) is 88.6 Å². The summed E-state index contributed by atoms with van der Waals surface area (Å²) in [6.45, 7) is 6.00. The van der Waals surface area contributed by atoms with Gasteiger partial charge >= 0.3 is 0 Å². The maximum atomic E-state index is 10.4. The summed E-state index contributed by atoms with van der Waals surface area (Å²) in [6, 6.07) is 21.4. The number of anilines is 1. The summed E-state index contributed by atoms with van der Waals surface area (Å²) >= 11 is 1.71. The predicted octanol–water partition coefficient (Wildman–Crippen LogP) is 6.92. The average Bonchev–Trinajstić information content (AvgIpc) is 3.52. The van der Waals surface area contributed by atoms with Gasteiger partial charge in [-0.05, 0) is 53.8 Å². The van der Waals surface area contributed by atoms with Crippen molar-refractivity contribution in [1.29, 1.82) is 0 Å². The molecule has 0 spiro atoms. The van der Waals surface area contributed by atoms with Gasteiger partial charge in [0.15, 0.2) is 0 Å². The van der Waals surface area contributed by atoms with Crippen LogP contribution >= 0.6 is 11.3 Å². The number of rotatable bonds is 3. The Labute approximate surface area is 221 Å². The van der Waals surface area contributed by atoms with Gasteiger partial charge in [0.25, 0.3) is 0 Å². The van der Waals surface area contributed by atoms with E-state index in [2.05, 4.69) is 41.8 Å². The van der Waals surface area contributed by atoms with Crippen LogP contribution in [0.15, 0.2) is 77.5 Å². The first kappa shape index (κ1) is 30.9. The van der Waals surface area contributed by atoms with Crippen LogP contribution in [-0.2, 0) is 11.2 Å². The van der Waals surface area contributed by atoms with Crippen LogP contribution in [-0.4, -0.2) is 25.4 Å². The second-order valence-electron chi connectivity index (χ2n) is 8.67. The molecule has 0 radical (unpaired) electrons. The summed E-state index contributed by atoms with van der Waals surface area (Å²) in [6.07, 6.45) is 10.9. The molecular formula is C30H43N3O2S. The standard InChI is InChI=1S/C10H13N.C7H7NO.C6H12.C4H4S.C3H7NO/c1-8-6-9-4-2-3-5-10(9)11-7-8;8-7(9)6-4-2-1-3-5-6;1-2-4-6-5-3-1;1-2-4-5-3-1;1-2-4-3-5/h2-5,8,11H,6-7H2,1H3;1-5H,(H2,8,9);1-6H2;1-4H;3H,2H2,1H3,(H,4,5). The number of nitrogens with two attached hydrogens (primary N) is 1. The zero-order valence-corrected chi connectivity index (χ0v) is 22.6. The number of para-hydroxylation sites is 1. The molecule has 2 aromatic carbocycles. The molecule has 4 N–H and O–H groups in total. The van der Waals surface area contributed by atoms with Crippen LogP contribution in [0.25, 0.3) is 0 Å². The van der Waals surface area contributed by atoms with Crippen molar-refractivity contribution >= 4 is 29.3 Å². The number of thiophene rings is 1. The Balaban J connectivity index is 0.000000235. The van der Waals surface area contributed by atoms with Gasteiger partial charge in [0.05, 0.1) is 0 Å². The molecule has 2 aliphatic rings. The number of primary amides is 1. The van der Waals surface area contributed by atoms with E-state index >= 15 is 0 Å². The van der Waals surface area contributed by atoms with E-state index in [0.29, 0.717) is 12.0 Å². The molecule has 2 amide bonds. The van der Waals surface area contributed by atoms with Crippen molar-refractivity contribution in [2.75, 3.05) is 18.4 Å². The van der Waals surface area contributed by atoms with Gasteiger partial charge in [-0.25, -0.2) is 0 Å². The first-order chi connectivity index (χ1) is 17.6. The third kappa shape index (κ3) is 15.7. The Bertz CT molecular complexity index is 884. The molecular weight excluding hydrogens is 466 g/mol. The maximum absolute atomic E-state index is 10.4. The number of carbonyl (C=O) groups is 2. The molecule has 1 atom stereocenters. The number of fused-ring (bicyclic) bond motifs is 1. The van der Waals surface area contributed by atoms with Crippen molar-refractivity contribution in [3.8, 4) is 0 Å². The maximum Gasteiger partial charge on any atom is 0.248 e. The molecule has 1 fully saturated rings. The summed E-state index contributed by atoms with van der Waals surface area (Å²) in [5.41, 5.74) is 8.32. The molecule has 5 nitrogen and oxygen atoms in total. The second-order valence-corrected chi connectivity index (χ2v) is 9.48. The Morgan fingerprint density at radius 3 is 1.92 bits per heavy atom. The molecule has 0 bridgehead atoms. The third-order valence-electron chi connectivity index (χ3n) is 5.50. The van der Waals surface area contributed by atoms with Gasteiger partial charge in [-0.15, -0.1) is 0 Å². The van der Waals surface area contributed by atoms with Gasteiger partial charge in [0, 0.05) is 24.3 Å². The SMILES string of the molecule is C1CCCCC1.CC1CNc2ccccc2C1.CCNC=O.NC(=O)c1ccccc1.c1ccsc1. The molecule has 1 aliphatic carbocycles. The highest BCUT2D eigenvalue weighted by Crippen LogP contribution is 2.23. The highest BCUT2D eigenvalue weighted by molar-refractivity contribution is 7.07. The summed E-state index contributed by atoms with van der Waals surface area (Å²) in [5, 5.41) is 9.93. The van der Waals surface area contributed by atoms with Crippen LogP contribution in [0.2, 0.25) is 0 Å². The summed E-state index contributed by atoms with van der Waals surface area (Å²) in [4.78, 5) is 19.7. The van der Waals surface area contributed by atoms with E-state index in [4.69, 9.17) is 5.73 Å². The third-order valence-corrected chi connectivity index (χ3v) is 6.13. The minimum absolute atomic E-state index is 0.379. The van der Waals surface area contributed by atoms with Gasteiger partial charge in [-0.1, -0.05) is 94.0 Å². The summed E-state index contributed by atoms with van der Waals surface area (Å²) in [7, 11) is 0. The molecule has 3 aromatic rings. The van der Waals surface area contributed by atoms with Crippen LogP contribution < -0.4 is 16.4 Å².